The molecule has 2 heterocycles. The van der Waals surface area contributed by atoms with E-state index in [2.05, 4.69) is 34.2 Å². The molecule has 0 bridgehead atoms. The third kappa shape index (κ3) is 3.27. The Bertz CT molecular complexity index is 450. The molecular weight excluding hydrogens is 214 g/mol. The van der Waals surface area contributed by atoms with Crippen LogP contribution in [0.4, 0.5) is 5.82 Å². The van der Waals surface area contributed by atoms with Gasteiger partial charge in [-0.05, 0) is 18.4 Å². The normalized spacial score (nSPS) is 10.8. The highest BCUT2D eigenvalue weighted by molar-refractivity contribution is 5.39. The topological polar surface area (TPSA) is 55.6 Å². The van der Waals surface area contributed by atoms with Crippen molar-refractivity contribution in [3.63, 3.8) is 0 Å². The van der Waals surface area contributed by atoms with E-state index in [1.54, 1.807) is 17.2 Å². The summed E-state index contributed by atoms with van der Waals surface area (Å²) < 4.78 is 1.72. The highest BCUT2D eigenvalue weighted by atomic mass is 15.3. The molecule has 0 radical (unpaired) electrons. The maximum absolute atomic E-state index is 4.18. The summed E-state index contributed by atoms with van der Waals surface area (Å²) in [6.45, 7) is 5.33. The first-order valence-corrected chi connectivity index (χ1v) is 5.81. The first kappa shape index (κ1) is 11.6. The SMILES string of the molecule is CC(C)CCNc1cc(-n2cccn2)ncn1. The summed E-state index contributed by atoms with van der Waals surface area (Å²) in [6.07, 6.45) is 6.27. The number of nitrogens with one attached hydrogen (secondary N) is 1. The lowest BCUT2D eigenvalue weighted by Gasteiger charge is -2.08. The zero-order valence-corrected chi connectivity index (χ0v) is 10.2. The van der Waals surface area contributed by atoms with Crippen LogP contribution in [-0.4, -0.2) is 26.3 Å². The maximum atomic E-state index is 4.18. The molecule has 0 fully saturated rings. The molecule has 0 atom stereocenters. The molecule has 0 saturated carbocycles. The number of hydrogen-bond acceptors (Lipinski definition) is 4. The molecule has 2 aromatic heterocycles. The number of rotatable bonds is 5. The minimum absolute atomic E-state index is 0.690. The quantitative estimate of drug-likeness (QED) is 0.856. The Balaban J connectivity index is 2.02. The number of anilines is 1. The van der Waals surface area contributed by atoms with Crippen LogP contribution in [0.15, 0.2) is 30.9 Å². The predicted molar refractivity (Wildman–Crippen MR) is 67.1 cm³/mol. The fourth-order valence-corrected chi connectivity index (χ4v) is 1.46. The molecule has 0 aliphatic rings. The second-order valence-electron chi connectivity index (χ2n) is 4.32. The van der Waals surface area contributed by atoms with E-state index in [1.807, 2.05) is 18.3 Å². The van der Waals surface area contributed by atoms with Crippen LogP contribution in [0.5, 0.6) is 0 Å². The van der Waals surface area contributed by atoms with Gasteiger partial charge in [-0.25, -0.2) is 14.6 Å². The van der Waals surface area contributed by atoms with Gasteiger partial charge in [-0.2, -0.15) is 5.10 Å². The second kappa shape index (κ2) is 5.43. The van der Waals surface area contributed by atoms with E-state index in [0.717, 1.165) is 24.6 Å². The molecule has 5 nitrogen and oxygen atoms in total. The van der Waals surface area contributed by atoms with Gasteiger partial charge in [0.25, 0.3) is 0 Å². The summed E-state index contributed by atoms with van der Waals surface area (Å²) in [4.78, 5) is 8.36. The first-order chi connectivity index (χ1) is 8.25. The lowest BCUT2D eigenvalue weighted by Crippen LogP contribution is -2.07. The number of aromatic nitrogens is 4. The van der Waals surface area contributed by atoms with Gasteiger partial charge in [0.05, 0.1) is 0 Å². The summed E-state index contributed by atoms with van der Waals surface area (Å²) in [5, 5.41) is 7.42. The third-order valence-electron chi connectivity index (χ3n) is 2.42. The van der Waals surface area contributed by atoms with Gasteiger partial charge in [0, 0.05) is 25.0 Å². The van der Waals surface area contributed by atoms with E-state index < -0.39 is 0 Å². The van der Waals surface area contributed by atoms with Crippen molar-refractivity contribution in [3.8, 4) is 5.82 Å². The van der Waals surface area contributed by atoms with Crippen molar-refractivity contribution in [2.75, 3.05) is 11.9 Å². The van der Waals surface area contributed by atoms with Gasteiger partial charge in [0.1, 0.15) is 12.1 Å². The van der Waals surface area contributed by atoms with E-state index in [4.69, 9.17) is 0 Å². The molecule has 0 amide bonds. The Labute approximate surface area is 101 Å². The second-order valence-corrected chi connectivity index (χ2v) is 4.32. The van der Waals surface area contributed by atoms with E-state index in [0.29, 0.717) is 5.92 Å². The van der Waals surface area contributed by atoms with Crippen LogP contribution < -0.4 is 5.32 Å². The van der Waals surface area contributed by atoms with Crippen LogP contribution in [-0.2, 0) is 0 Å². The van der Waals surface area contributed by atoms with Crippen molar-refractivity contribution in [3.05, 3.63) is 30.9 Å². The Morgan fingerprint density at radius 2 is 2.24 bits per heavy atom. The smallest absolute Gasteiger partial charge is 0.158 e. The van der Waals surface area contributed by atoms with Crippen molar-refractivity contribution < 1.29 is 0 Å². The predicted octanol–water partition coefficient (Wildman–Crippen LogP) is 2.12. The van der Waals surface area contributed by atoms with E-state index >= 15 is 0 Å². The zero-order chi connectivity index (χ0) is 12.1. The minimum Gasteiger partial charge on any atom is -0.370 e. The monoisotopic (exact) mass is 231 g/mol. The average Bonchev–Trinajstić information content (AvgIpc) is 2.82. The van der Waals surface area contributed by atoms with Crippen molar-refractivity contribution >= 4 is 5.82 Å². The molecule has 0 aliphatic heterocycles. The molecule has 17 heavy (non-hydrogen) atoms. The lowest BCUT2D eigenvalue weighted by molar-refractivity contribution is 0.606. The van der Waals surface area contributed by atoms with Gasteiger partial charge in [-0.3, -0.25) is 0 Å². The fraction of sp³-hybridized carbons (Fsp3) is 0.417. The van der Waals surface area contributed by atoms with Gasteiger partial charge in [-0.1, -0.05) is 13.8 Å². The minimum atomic E-state index is 0.690. The Hall–Kier alpha value is -1.91. The molecule has 90 valence electrons. The molecule has 0 unspecified atom stereocenters. The molecular formula is C12H17N5. The maximum Gasteiger partial charge on any atom is 0.158 e. The van der Waals surface area contributed by atoms with Crippen LogP contribution in [0.2, 0.25) is 0 Å². The summed E-state index contributed by atoms with van der Waals surface area (Å²) in [6, 6.07) is 3.77. The average molecular weight is 231 g/mol. The molecule has 2 aromatic rings. The van der Waals surface area contributed by atoms with Crippen molar-refractivity contribution in [2.24, 2.45) is 5.92 Å². The van der Waals surface area contributed by atoms with Crippen LogP contribution in [0.3, 0.4) is 0 Å². The standard InChI is InChI=1S/C12H17N5/c1-10(2)4-6-13-11-8-12(15-9-14-11)17-7-3-5-16-17/h3,5,7-10H,4,6H2,1-2H3,(H,13,14,15). The summed E-state index contributed by atoms with van der Waals surface area (Å²) in [5.74, 6) is 2.30. The van der Waals surface area contributed by atoms with Crippen molar-refractivity contribution in [1.82, 2.24) is 19.7 Å². The highest BCUT2D eigenvalue weighted by Crippen LogP contribution is 2.08. The molecule has 0 spiro atoms. The number of nitrogens with zero attached hydrogens (tertiary/aromatic N) is 4. The van der Waals surface area contributed by atoms with Crippen molar-refractivity contribution in [2.45, 2.75) is 20.3 Å². The van der Waals surface area contributed by atoms with Crippen LogP contribution in [0.25, 0.3) is 5.82 Å². The van der Waals surface area contributed by atoms with Gasteiger partial charge >= 0.3 is 0 Å². The molecule has 5 heteroatoms. The molecule has 0 saturated heterocycles. The Morgan fingerprint density at radius 1 is 1.35 bits per heavy atom. The largest absolute Gasteiger partial charge is 0.370 e. The zero-order valence-electron chi connectivity index (χ0n) is 10.2. The first-order valence-electron chi connectivity index (χ1n) is 5.81. The van der Waals surface area contributed by atoms with Gasteiger partial charge in [0.2, 0.25) is 0 Å². The lowest BCUT2D eigenvalue weighted by atomic mass is 10.1. The van der Waals surface area contributed by atoms with Gasteiger partial charge < -0.3 is 5.32 Å². The van der Waals surface area contributed by atoms with E-state index in [1.165, 1.54) is 0 Å². The highest BCUT2D eigenvalue weighted by Gasteiger charge is 2.01. The Kier molecular flexibility index (Phi) is 3.69. The summed E-state index contributed by atoms with van der Waals surface area (Å²) >= 11 is 0. The van der Waals surface area contributed by atoms with Crippen LogP contribution >= 0.6 is 0 Å². The molecule has 0 aromatic carbocycles. The van der Waals surface area contributed by atoms with Crippen molar-refractivity contribution in [1.29, 1.82) is 0 Å². The van der Waals surface area contributed by atoms with Crippen LogP contribution in [0.1, 0.15) is 20.3 Å². The molecule has 1 N–H and O–H groups in total. The van der Waals surface area contributed by atoms with Crippen LogP contribution in [0, 0.1) is 5.92 Å². The molecule has 2 rings (SSSR count). The van der Waals surface area contributed by atoms with E-state index in [-0.39, 0.29) is 0 Å². The molecule has 0 aliphatic carbocycles. The van der Waals surface area contributed by atoms with E-state index in [9.17, 15) is 0 Å². The summed E-state index contributed by atoms with van der Waals surface area (Å²) in [5.41, 5.74) is 0. The fourth-order valence-electron chi connectivity index (χ4n) is 1.46. The number of hydrogen-bond donors (Lipinski definition) is 1. The third-order valence-corrected chi connectivity index (χ3v) is 2.42. The Morgan fingerprint density at radius 3 is 2.94 bits per heavy atom. The summed E-state index contributed by atoms with van der Waals surface area (Å²) in [7, 11) is 0. The van der Waals surface area contributed by atoms with Gasteiger partial charge in [0.15, 0.2) is 5.82 Å². The van der Waals surface area contributed by atoms with Gasteiger partial charge in [-0.15, -0.1) is 0 Å².